The molecule has 0 unspecified atom stereocenters. The number of rotatable bonds is 4. The van der Waals surface area contributed by atoms with E-state index in [1.807, 2.05) is 73.6 Å². The molecular weight excluding hydrogens is 382 g/mol. The highest BCUT2D eigenvalue weighted by molar-refractivity contribution is 7.22. The van der Waals surface area contributed by atoms with E-state index in [9.17, 15) is 9.59 Å². The van der Waals surface area contributed by atoms with Crippen molar-refractivity contribution in [2.75, 3.05) is 27.2 Å². The number of amides is 2. The van der Waals surface area contributed by atoms with Crippen LogP contribution in [-0.2, 0) is 0 Å². The smallest absolute Gasteiger partial charge is 0.261 e. The van der Waals surface area contributed by atoms with Gasteiger partial charge in [-0.1, -0.05) is 42.5 Å². The first-order valence-electron chi connectivity index (χ1n) is 9.47. The molecule has 0 aliphatic carbocycles. The van der Waals surface area contributed by atoms with Gasteiger partial charge in [0.05, 0.1) is 15.8 Å². The highest BCUT2D eigenvalue weighted by atomic mass is 32.1. The van der Waals surface area contributed by atoms with Gasteiger partial charge in [0.15, 0.2) is 0 Å². The molecule has 1 aliphatic heterocycles. The SMILES string of the molecule is CN(C)CCN1C(=O)c2cccc3c2c(cc2nc(-c4ccccc4)sc23)C1=O. The summed E-state index contributed by atoms with van der Waals surface area (Å²) in [4.78, 5) is 34.4. The molecule has 2 heterocycles. The van der Waals surface area contributed by atoms with E-state index in [2.05, 4.69) is 0 Å². The third-order valence-corrected chi connectivity index (χ3v) is 6.41. The third-order valence-electron chi connectivity index (χ3n) is 5.26. The van der Waals surface area contributed by atoms with Crippen LogP contribution in [0.1, 0.15) is 20.7 Å². The molecule has 0 fully saturated rings. The van der Waals surface area contributed by atoms with Gasteiger partial charge in [0.1, 0.15) is 5.01 Å². The van der Waals surface area contributed by atoms with Crippen molar-refractivity contribution in [1.82, 2.24) is 14.8 Å². The number of carbonyl (C=O) groups excluding carboxylic acids is 2. The summed E-state index contributed by atoms with van der Waals surface area (Å²) in [6.45, 7) is 0.991. The Labute approximate surface area is 172 Å². The largest absolute Gasteiger partial charge is 0.308 e. The monoisotopic (exact) mass is 401 g/mol. The van der Waals surface area contributed by atoms with Crippen molar-refractivity contribution in [2.45, 2.75) is 0 Å². The zero-order valence-electron chi connectivity index (χ0n) is 16.2. The predicted molar refractivity (Wildman–Crippen MR) is 116 cm³/mol. The summed E-state index contributed by atoms with van der Waals surface area (Å²) in [7, 11) is 3.86. The number of thiazole rings is 1. The summed E-state index contributed by atoms with van der Waals surface area (Å²) in [5.74, 6) is -0.459. The van der Waals surface area contributed by atoms with Gasteiger partial charge in [0.25, 0.3) is 11.8 Å². The maximum absolute atomic E-state index is 13.2. The maximum atomic E-state index is 13.2. The first-order valence-corrected chi connectivity index (χ1v) is 10.3. The Morgan fingerprint density at radius 2 is 1.72 bits per heavy atom. The van der Waals surface area contributed by atoms with Gasteiger partial charge in [-0.2, -0.15) is 0 Å². The summed E-state index contributed by atoms with van der Waals surface area (Å²) in [6.07, 6.45) is 0. The number of imide groups is 1. The lowest BCUT2D eigenvalue weighted by Crippen LogP contribution is -2.43. The molecule has 0 atom stereocenters. The van der Waals surface area contributed by atoms with Gasteiger partial charge in [-0.05, 0) is 26.2 Å². The molecule has 2 amide bonds. The summed E-state index contributed by atoms with van der Waals surface area (Å²) < 4.78 is 1.01. The number of nitrogens with zero attached hydrogens (tertiary/aromatic N) is 3. The predicted octanol–water partition coefficient (Wildman–Crippen LogP) is 4.27. The molecule has 0 bridgehead atoms. The van der Waals surface area contributed by atoms with Gasteiger partial charge in [-0.15, -0.1) is 11.3 Å². The van der Waals surface area contributed by atoms with E-state index >= 15 is 0 Å². The zero-order valence-corrected chi connectivity index (χ0v) is 17.0. The fourth-order valence-electron chi connectivity index (χ4n) is 3.80. The number of hydrogen-bond acceptors (Lipinski definition) is 5. The van der Waals surface area contributed by atoms with E-state index in [-0.39, 0.29) is 11.8 Å². The average Bonchev–Trinajstić information content (AvgIpc) is 3.16. The minimum absolute atomic E-state index is 0.220. The average molecular weight is 401 g/mol. The van der Waals surface area contributed by atoms with Crippen LogP contribution in [0.4, 0.5) is 0 Å². The Bertz CT molecular complexity index is 1280. The first kappa shape index (κ1) is 18.0. The van der Waals surface area contributed by atoms with E-state index in [0.29, 0.717) is 24.2 Å². The molecule has 0 saturated heterocycles. The second-order valence-electron chi connectivity index (χ2n) is 7.45. The van der Waals surface area contributed by atoms with Crippen molar-refractivity contribution < 1.29 is 9.59 Å². The highest BCUT2D eigenvalue weighted by Gasteiger charge is 2.33. The molecule has 5 rings (SSSR count). The Morgan fingerprint density at radius 1 is 0.966 bits per heavy atom. The Balaban J connectivity index is 1.73. The van der Waals surface area contributed by atoms with Crippen LogP contribution in [0.2, 0.25) is 0 Å². The Morgan fingerprint density at radius 3 is 2.48 bits per heavy atom. The van der Waals surface area contributed by atoms with Gasteiger partial charge in [0, 0.05) is 35.0 Å². The van der Waals surface area contributed by atoms with Crippen molar-refractivity contribution in [3.63, 3.8) is 0 Å². The van der Waals surface area contributed by atoms with Gasteiger partial charge >= 0.3 is 0 Å². The fourth-order valence-corrected chi connectivity index (χ4v) is 4.88. The molecule has 5 nitrogen and oxygen atoms in total. The van der Waals surface area contributed by atoms with Crippen molar-refractivity contribution in [2.24, 2.45) is 0 Å². The molecule has 144 valence electrons. The second-order valence-corrected chi connectivity index (χ2v) is 8.45. The highest BCUT2D eigenvalue weighted by Crippen LogP contribution is 2.40. The number of likely N-dealkylation sites (N-methyl/N-ethyl adjacent to an activating group) is 1. The molecule has 0 radical (unpaired) electrons. The molecule has 3 aromatic carbocycles. The van der Waals surface area contributed by atoms with Crippen LogP contribution in [0.25, 0.3) is 31.6 Å². The Kier molecular flexibility index (Phi) is 4.19. The van der Waals surface area contributed by atoms with E-state index in [1.165, 1.54) is 4.90 Å². The van der Waals surface area contributed by atoms with Crippen LogP contribution in [0.15, 0.2) is 54.6 Å². The van der Waals surface area contributed by atoms with Gasteiger partial charge in [-0.25, -0.2) is 4.98 Å². The number of hydrogen-bond donors (Lipinski definition) is 0. The normalized spacial score (nSPS) is 13.8. The van der Waals surface area contributed by atoms with E-state index in [4.69, 9.17) is 4.98 Å². The van der Waals surface area contributed by atoms with Crippen LogP contribution in [0.5, 0.6) is 0 Å². The van der Waals surface area contributed by atoms with Gasteiger partial charge in [0.2, 0.25) is 0 Å². The van der Waals surface area contributed by atoms with E-state index in [0.717, 1.165) is 31.6 Å². The lowest BCUT2D eigenvalue weighted by molar-refractivity contribution is 0.0601. The van der Waals surface area contributed by atoms with E-state index < -0.39 is 0 Å². The van der Waals surface area contributed by atoms with Crippen molar-refractivity contribution in [3.8, 4) is 10.6 Å². The number of carbonyl (C=O) groups is 2. The van der Waals surface area contributed by atoms with Crippen LogP contribution < -0.4 is 0 Å². The summed E-state index contributed by atoms with van der Waals surface area (Å²) in [5, 5.41) is 2.58. The van der Waals surface area contributed by atoms with Crippen LogP contribution in [0.3, 0.4) is 0 Å². The van der Waals surface area contributed by atoms with Crippen LogP contribution in [0, 0.1) is 0 Å². The number of benzene rings is 3. The molecule has 0 saturated carbocycles. The lowest BCUT2D eigenvalue weighted by atomic mass is 9.93. The zero-order chi connectivity index (χ0) is 20.1. The molecule has 6 heteroatoms. The second kappa shape index (κ2) is 6.76. The van der Waals surface area contributed by atoms with Crippen molar-refractivity contribution in [1.29, 1.82) is 0 Å². The van der Waals surface area contributed by atoms with Gasteiger partial charge in [-0.3, -0.25) is 14.5 Å². The minimum Gasteiger partial charge on any atom is -0.308 e. The number of fused-ring (bicyclic) bond motifs is 2. The maximum Gasteiger partial charge on any atom is 0.261 e. The molecule has 4 aromatic rings. The molecule has 29 heavy (non-hydrogen) atoms. The molecule has 1 aromatic heterocycles. The van der Waals surface area contributed by atoms with Crippen molar-refractivity contribution >= 4 is 44.1 Å². The molecule has 1 aliphatic rings. The minimum atomic E-state index is -0.239. The topological polar surface area (TPSA) is 53.5 Å². The lowest BCUT2D eigenvalue weighted by Gasteiger charge is -2.28. The van der Waals surface area contributed by atoms with Crippen LogP contribution >= 0.6 is 11.3 Å². The quantitative estimate of drug-likeness (QED) is 0.479. The number of aromatic nitrogens is 1. The van der Waals surface area contributed by atoms with E-state index in [1.54, 1.807) is 11.3 Å². The summed E-state index contributed by atoms with van der Waals surface area (Å²) >= 11 is 1.60. The first-order chi connectivity index (χ1) is 14.0. The standard InChI is InChI=1S/C23H19N3O2S/c1-25(2)11-12-26-22(27)16-10-6-9-15-19(16)17(23(26)28)13-18-20(15)29-21(24-18)14-7-4-3-5-8-14/h3-10,13H,11-12H2,1-2H3. The third kappa shape index (κ3) is 2.84. The fraction of sp³-hybridized carbons (Fsp3) is 0.174. The molecule has 0 spiro atoms. The summed E-state index contributed by atoms with van der Waals surface area (Å²) in [6, 6.07) is 17.5. The molecule has 0 N–H and O–H groups in total. The summed E-state index contributed by atoms with van der Waals surface area (Å²) in [5.41, 5.74) is 2.99. The van der Waals surface area contributed by atoms with Crippen molar-refractivity contribution in [3.05, 3.63) is 65.7 Å². The van der Waals surface area contributed by atoms with Crippen LogP contribution in [-0.4, -0.2) is 53.8 Å². The molecular formula is C23H19N3O2S. The van der Waals surface area contributed by atoms with Gasteiger partial charge < -0.3 is 4.90 Å². The Hall–Kier alpha value is -3.09.